The molecule has 0 bridgehead atoms. The van der Waals surface area contributed by atoms with Gasteiger partial charge in [-0.3, -0.25) is 4.79 Å². The minimum absolute atomic E-state index is 0.0343. The van der Waals surface area contributed by atoms with Crippen molar-refractivity contribution >= 4 is 28.2 Å². The Morgan fingerprint density at radius 3 is 2.69 bits per heavy atom. The van der Waals surface area contributed by atoms with Gasteiger partial charge in [-0.2, -0.15) is 0 Å². The lowest BCUT2D eigenvalue weighted by Crippen LogP contribution is -2.47. The molecule has 1 spiro atoms. The van der Waals surface area contributed by atoms with Crippen LogP contribution in [0.25, 0.3) is 0 Å². The van der Waals surface area contributed by atoms with Crippen LogP contribution in [0.4, 0.5) is 15.3 Å². The molecule has 2 aliphatic rings. The molecule has 2 aliphatic heterocycles. The molecule has 0 aliphatic carbocycles. The van der Waals surface area contributed by atoms with Gasteiger partial charge in [0.2, 0.25) is 0 Å². The smallest absolute Gasteiger partial charge is 0.265 e. The molecule has 9 heteroatoms. The van der Waals surface area contributed by atoms with E-state index in [9.17, 15) is 9.18 Å². The van der Waals surface area contributed by atoms with Crippen LogP contribution in [0.1, 0.15) is 28.2 Å². The Kier molecular flexibility index (Phi) is 4.60. The van der Waals surface area contributed by atoms with Gasteiger partial charge in [-0.15, -0.1) is 0 Å². The largest absolute Gasteiger partial charge is 0.347 e. The molecule has 0 unspecified atom stereocenters. The van der Waals surface area contributed by atoms with Crippen molar-refractivity contribution in [3.63, 3.8) is 0 Å². The maximum atomic E-state index is 12.9. The summed E-state index contributed by atoms with van der Waals surface area (Å²) >= 11 is 1.27. The highest BCUT2D eigenvalue weighted by atomic mass is 32.1. The second kappa shape index (κ2) is 6.90. The van der Waals surface area contributed by atoms with E-state index in [1.807, 2.05) is 11.8 Å². The molecule has 0 saturated carbocycles. The number of halogens is 1. The normalized spacial score (nSPS) is 19.1. The molecule has 2 saturated heterocycles. The second-order valence-corrected chi connectivity index (χ2v) is 7.32. The molecule has 138 valence electrons. The Morgan fingerprint density at radius 2 is 2.04 bits per heavy atom. The molecule has 2 aromatic rings. The number of likely N-dealkylation sites (tertiary alicyclic amines) is 1. The van der Waals surface area contributed by atoms with Crippen molar-refractivity contribution in [1.29, 1.82) is 0 Å². The molecule has 1 N–H and O–H groups in total. The fraction of sp³-hybridized carbons (Fsp3) is 0.471. The van der Waals surface area contributed by atoms with Crippen molar-refractivity contribution in [3.05, 3.63) is 34.7 Å². The Labute approximate surface area is 154 Å². The topological polar surface area (TPSA) is 76.6 Å². The number of nitrogens with one attached hydrogen (secondary N) is 1. The van der Waals surface area contributed by atoms with E-state index in [0.717, 1.165) is 6.20 Å². The van der Waals surface area contributed by atoms with Crippen LogP contribution in [-0.2, 0) is 9.47 Å². The highest BCUT2D eigenvalue weighted by Crippen LogP contribution is 2.33. The summed E-state index contributed by atoms with van der Waals surface area (Å²) in [5.41, 5.74) is 0.665. The van der Waals surface area contributed by atoms with Crippen LogP contribution in [0.5, 0.6) is 0 Å². The number of ether oxygens (including phenoxy) is 2. The molecule has 2 fully saturated rings. The molecule has 0 radical (unpaired) electrons. The van der Waals surface area contributed by atoms with E-state index in [4.69, 9.17) is 9.47 Å². The predicted molar refractivity (Wildman–Crippen MR) is 94.1 cm³/mol. The molecule has 0 atom stereocenters. The number of hydrogen-bond donors (Lipinski definition) is 1. The van der Waals surface area contributed by atoms with Gasteiger partial charge in [0.05, 0.1) is 25.1 Å². The monoisotopic (exact) mass is 378 g/mol. The van der Waals surface area contributed by atoms with Crippen LogP contribution in [0.2, 0.25) is 0 Å². The number of aromatic nitrogens is 2. The summed E-state index contributed by atoms with van der Waals surface area (Å²) in [4.78, 5) is 23.6. The van der Waals surface area contributed by atoms with E-state index in [2.05, 4.69) is 15.3 Å². The minimum Gasteiger partial charge on any atom is -0.347 e. The van der Waals surface area contributed by atoms with Gasteiger partial charge in [-0.1, -0.05) is 11.3 Å². The SMILES string of the molecule is Cc1nc(Nc2ccc(F)cn2)sc1C(=O)N1CCC2(CC1)OCCO2. The van der Waals surface area contributed by atoms with Crippen LogP contribution in [0.3, 0.4) is 0 Å². The fourth-order valence-corrected chi connectivity index (χ4v) is 4.13. The number of piperidine rings is 1. The summed E-state index contributed by atoms with van der Waals surface area (Å²) < 4.78 is 24.4. The van der Waals surface area contributed by atoms with E-state index in [1.54, 1.807) is 0 Å². The van der Waals surface area contributed by atoms with Gasteiger partial charge in [-0.05, 0) is 19.1 Å². The van der Waals surface area contributed by atoms with Crippen LogP contribution in [0, 0.1) is 12.7 Å². The number of anilines is 2. The summed E-state index contributed by atoms with van der Waals surface area (Å²) in [6, 6.07) is 2.85. The van der Waals surface area contributed by atoms with E-state index in [-0.39, 0.29) is 5.91 Å². The van der Waals surface area contributed by atoms with E-state index in [1.165, 1.54) is 23.5 Å². The molecular weight excluding hydrogens is 359 g/mol. The number of hydrogen-bond acceptors (Lipinski definition) is 7. The zero-order chi connectivity index (χ0) is 18.1. The van der Waals surface area contributed by atoms with Crippen molar-refractivity contribution in [1.82, 2.24) is 14.9 Å². The lowest BCUT2D eigenvalue weighted by atomic mass is 10.0. The number of nitrogens with zero attached hydrogens (tertiary/aromatic N) is 3. The Hall–Kier alpha value is -2.10. The molecule has 2 aromatic heterocycles. The van der Waals surface area contributed by atoms with Crippen LogP contribution in [0.15, 0.2) is 18.3 Å². The number of carbonyl (C=O) groups is 1. The first kappa shape index (κ1) is 17.3. The highest BCUT2D eigenvalue weighted by molar-refractivity contribution is 7.17. The summed E-state index contributed by atoms with van der Waals surface area (Å²) in [6.07, 6.45) is 2.49. The van der Waals surface area contributed by atoms with Gasteiger partial charge >= 0.3 is 0 Å². The molecular formula is C17H19FN4O3S. The highest BCUT2D eigenvalue weighted by Gasteiger charge is 2.41. The maximum Gasteiger partial charge on any atom is 0.265 e. The first-order valence-corrected chi connectivity index (χ1v) is 9.29. The van der Waals surface area contributed by atoms with Crippen molar-refractivity contribution < 1.29 is 18.7 Å². The van der Waals surface area contributed by atoms with E-state index in [0.29, 0.717) is 60.7 Å². The number of rotatable bonds is 3. The van der Waals surface area contributed by atoms with E-state index >= 15 is 0 Å². The molecule has 7 nitrogen and oxygen atoms in total. The Morgan fingerprint density at radius 1 is 1.31 bits per heavy atom. The standard InChI is InChI=1S/C17H19FN4O3S/c1-11-14(26-16(20-11)21-13-3-2-12(18)10-19-13)15(23)22-6-4-17(5-7-22)24-8-9-25-17/h2-3,10H,4-9H2,1H3,(H,19,20,21). The summed E-state index contributed by atoms with van der Waals surface area (Å²) in [6.45, 7) is 4.24. The lowest BCUT2D eigenvalue weighted by molar-refractivity contribution is -0.181. The number of aryl methyl sites for hydroxylation is 1. The third-order valence-corrected chi connectivity index (χ3v) is 5.64. The maximum absolute atomic E-state index is 12.9. The summed E-state index contributed by atoms with van der Waals surface area (Å²) in [7, 11) is 0. The zero-order valence-electron chi connectivity index (χ0n) is 14.3. The predicted octanol–water partition coefficient (Wildman–Crippen LogP) is 2.71. The van der Waals surface area contributed by atoms with E-state index < -0.39 is 11.6 Å². The average Bonchev–Trinajstić information content (AvgIpc) is 3.24. The number of thiazole rings is 1. The minimum atomic E-state index is -0.500. The van der Waals surface area contributed by atoms with Crippen LogP contribution < -0.4 is 5.32 Å². The molecule has 1 amide bonds. The van der Waals surface area contributed by atoms with Crippen molar-refractivity contribution in [2.45, 2.75) is 25.6 Å². The van der Waals surface area contributed by atoms with Gasteiger partial charge in [0.15, 0.2) is 10.9 Å². The molecule has 4 rings (SSSR count). The Bertz CT molecular complexity index is 795. The van der Waals surface area contributed by atoms with Gasteiger partial charge in [-0.25, -0.2) is 14.4 Å². The second-order valence-electron chi connectivity index (χ2n) is 6.32. The van der Waals surface area contributed by atoms with Gasteiger partial charge in [0.1, 0.15) is 16.5 Å². The number of pyridine rings is 1. The molecule has 0 aromatic carbocycles. The van der Waals surface area contributed by atoms with Crippen molar-refractivity contribution in [2.75, 3.05) is 31.6 Å². The molecule has 26 heavy (non-hydrogen) atoms. The van der Waals surface area contributed by atoms with Crippen molar-refractivity contribution in [3.8, 4) is 0 Å². The van der Waals surface area contributed by atoms with Gasteiger partial charge in [0, 0.05) is 25.9 Å². The van der Waals surface area contributed by atoms with Crippen molar-refractivity contribution in [2.24, 2.45) is 0 Å². The lowest BCUT2D eigenvalue weighted by Gasteiger charge is -2.37. The fourth-order valence-electron chi connectivity index (χ4n) is 3.19. The van der Waals surface area contributed by atoms with Crippen LogP contribution >= 0.6 is 11.3 Å². The quantitative estimate of drug-likeness (QED) is 0.885. The molecule has 4 heterocycles. The zero-order valence-corrected chi connectivity index (χ0v) is 15.1. The number of carbonyl (C=O) groups excluding carboxylic acids is 1. The first-order valence-electron chi connectivity index (χ1n) is 8.48. The van der Waals surface area contributed by atoms with Gasteiger partial charge in [0.25, 0.3) is 5.91 Å². The Balaban J connectivity index is 1.43. The summed E-state index contributed by atoms with van der Waals surface area (Å²) in [5, 5.41) is 3.57. The summed E-state index contributed by atoms with van der Waals surface area (Å²) in [5.74, 6) is -0.456. The first-order chi connectivity index (χ1) is 12.5. The third-order valence-electron chi connectivity index (χ3n) is 4.58. The van der Waals surface area contributed by atoms with Crippen LogP contribution in [-0.4, -0.2) is 52.9 Å². The average molecular weight is 378 g/mol. The number of amides is 1. The van der Waals surface area contributed by atoms with Gasteiger partial charge < -0.3 is 19.7 Å². The third kappa shape index (κ3) is 3.42.